The molecule has 0 heterocycles. The zero-order valence-electron chi connectivity index (χ0n) is 16.0. The molecule has 138 valence electrons. The van der Waals surface area contributed by atoms with E-state index in [-0.39, 0.29) is 5.01 Å². The van der Waals surface area contributed by atoms with E-state index in [1.54, 1.807) is 7.11 Å². The molecule has 4 aliphatic rings. The van der Waals surface area contributed by atoms with Crippen LogP contribution in [0.5, 0.6) is 0 Å². The molecule has 1 unspecified atom stereocenters. The second-order valence-corrected chi connectivity index (χ2v) is 11.1. The maximum absolute atomic E-state index is 5.71. The lowest BCUT2D eigenvalue weighted by atomic mass is 9.35. The molecule has 0 aliphatic heterocycles. The van der Waals surface area contributed by atoms with Crippen LogP contribution in [0.3, 0.4) is 0 Å². The summed E-state index contributed by atoms with van der Waals surface area (Å²) in [6, 6.07) is 9.12. The van der Waals surface area contributed by atoms with Crippen LogP contribution in [0.1, 0.15) is 75.4 Å². The molecule has 3 heteroatoms. The van der Waals surface area contributed by atoms with Gasteiger partial charge in [0.2, 0.25) is 0 Å². The fourth-order valence-corrected chi connectivity index (χ4v) is 8.22. The maximum atomic E-state index is 5.71. The molecular weight excluding hydrogens is 376 g/mol. The molecule has 4 fully saturated rings. The van der Waals surface area contributed by atoms with E-state index in [1.165, 1.54) is 49.7 Å². The highest BCUT2D eigenvalue weighted by atomic mass is 79.9. The van der Waals surface area contributed by atoms with Crippen molar-refractivity contribution in [2.24, 2.45) is 16.2 Å². The molecule has 25 heavy (non-hydrogen) atoms. The van der Waals surface area contributed by atoms with Crippen LogP contribution in [-0.4, -0.2) is 13.9 Å². The minimum Gasteiger partial charge on any atom is -0.359 e. The first-order chi connectivity index (χ1) is 11.7. The van der Waals surface area contributed by atoms with Gasteiger partial charge < -0.3 is 9.47 Å². The number of alkyl halides is 1. The Morgan fingerprint density at radius 2 is 1.52 bits per heavy atom. The molecule has 1 aromatic rings. The Kier molecular flexibility index (Phi) is 4.18. The Morgan fingerprint density at radius 1 is 0.960 bits per heavy atom. The molecule has 4 saturated carbocycles. The first-order valence-electron chi connectivity index (χ1n) is 9.54. The third-order valence-corrected chi connectivity index (χ3v) is 7.74. The summed E-state index contributed by atoms with van der Waals surface area (Å²) in [5.74, 6) is 0. The van der Waals surface area contributed by atoms with Gasteiger partial charge in [-0.05, 0) is 71.3 Å². The fourth-order valence-electron chi connectivity index (χ4n) is 7.83. The Hall–Kier alpha value is -0.380. The number of ether oxygens (including phenoxy) is 2. The lowest BCUT2D eigenvalue weighted by molar-refractivity contribution is -0.152. The summed E-state index contributed by atoms with van der Waals surface area (Å²) >= 11 is 3.66. The zero-order chi connectivity index (χ0) is 17.9. The lowest BCUT2D eigenvalue weighted by Gasteiger charge is -2.69. The van der Waals surface area contributed by atoms with Gasteiger partial charge in [0.25, 0.3) is 0 Å². The van der Waals surface area contributed by atoms with Gasteiger partial charge in [0.05, 0.1) is 0 Å². The number of methoxy groups -OCH3 is 1. The van der Waals surface area contributed by atoms with Gasteiger partial charge in [-0.1, -0.05) is 61.0 Å². The van der Waals surface area contributed by atoms with Gasteiger partial charge in [-0.25, -0.2) is 0 Å². The average molecular weight is 407 g/mol. The molecule has 4 aliphatic carbocycles. The van der Waals surface area contributed by atoms with Gasteiger partial charge in [0.15, 0.2) is 0 Å². The maximum Gasteiger partial charge on any atom is 0.148 e. The molecule has 4 bridgehead atoms. The monoisotopic (exact) mass is 406 g/mol. The van der Waals surface area contributed by atoms with Crippen LogP contribution >= 0.6 is 15.9 Å². The summed E-state index contributed by atoms with van der Waals surface area (Å²) in [7, 11) is 1.66. The molecule has 0 radical (unpaired) electrons. The SMILES string of the molecule is COCOC(Br)c1cccc(C23CC4(C)CC(C)(CC(C)(C4)C2)C3)c1. The highest BCUT2D eigenvalue weighted by molar-refractivity contribution is 9.09. The van der Waals surface area contributed by atoms with Crippen molar-refractivity contribution in [3.05, 3.63) is 35.4 Å². The van der Waals surface area contributed by atoms with Crippen molar-refractivity contribution in [2.45, 2.75) is 69.7 Å². The summed E-state index contributed by atoms with van der Waals surface area (Å²) in [6.45, 7) is 7.96. The predicted octanol–water partition coefficient (Wildman–Crippen LogP) is 6.34. The van der Waals surface area contributed by atoms with Gasteiger partial charge in [-0.2, -0.15) is 0 Å². The second-order valence-electron chi connectivity index (χ2n) is 10.3. The molecule has 0 aromatic heterocycles. The van der Waals surface area contributed by atoms with E-state index in [2.05, 4.69) is 61.0 Å². The standard InChI is InChI=1S/C22H31BrO2/c1-19-9-20(2)11-21(3,10-19)14-22(12-19,13-20)17-7-5-6-16(8-17)18(23)25-15-24-4/h5-8,18H,9-15H2,1-4H3. The normalized spacial score (nSPS) is 43.4. The molecule has 2 nitrogen and oxygen atoms in total. The van der Waals surface area contributed by atoms with Gasteiger partial charge in [-0.15, -0.1) is 0 Å². The molecule has 0 amide bonds. The molecule has 1 aromatic carbocycles. The quantitative estimate of drug-likeness (QED) is 0.419. The highest BCUT2D eigenvalue weighted by Gasteiger charge is 2.64. The molecule has 1 atom stereocenters. The van der Waals surface area contributed by atoms with Crippen molar-refractivity contribution in [3.8, 4) is 0 Å². The number of halogens is 1. The highest BCUT2D eigenvalue weighted by Crippen LogP contribution is 2.73. The Bertz CT molecular complexity index is 616. The van der Waals surface area contributed by atoms with Crippen LogP contribution in [0.15, 0.2) is 24.3 Å². The van der Waals surface area contributed by atoms with Crippen molar-refractivity contribution in [1.29, 1.82) is 0 Å². The van der Waals surface area contributed by atoms with Crippen LogP contribution in [0, 0.1) is 16.2 Å². The smallest absolute Gasteiger partial charge is 0.148 e. The Labute approximate surface area is 160 Å². The molecule has 5 rings (SSSR count). The first-order valence-corrected chi connectivity index (χ1v) is 10.5. The minimum atomic E-state index is -0.108. The van der Waals surface area contributed by atoms with Crippen molar-refractivity contribution < 1.29 is 9.47 Å². The van der Waals surface area contributed by atoms with E-state index in [1.807, 2.05) is 0 Å². The van der Waals surface area contributed by atoms with Crippen molar-refractivity contribution in [2.75, 3.05) is 13.9 Å². The molecule has 0 N–H and O–H groups in total. The number of hydrogen-bond acceptors (Lipinski definition) is 2. The van der Waals surface area contributed by atoms with E-state index in [9.17, 15) is 0 Å². The topological polar surface area (TPSA) is 18.5 Å². The second kappa shape index (κ2) is 5.81. The van der Waals surface area contributed by atoms with E-state index in [0.717, 1.165) is 0 Å². The van der Waals surface area contributed by atoms with Gasteiger partial charge in [0.1, 0.15) is 11.8 Å². The van der Waals surface area contributed by atoms with Crippen LogP contribution in [0.25, 0.3) is 0 Å². The van der Waals surface area contributed by atoms with Crippen LogP contribution in [0.4, 0.5) is 0 Å². The number of benzene rings is 1. The Morgan fingerprint density at radius 3 is 2.04 bits per heavy atom. The lowest BCUT2D eigenvalue weighted by Crippen LogP contribution is -2.60. The summed E-state index contributed by atoms with van der Waals surface area (Å²) in [5, 5.41) is -0.108. The van der Waals surface area contributed by atoms with E-state index >= 15 is 0 Å². The molecule has 0 spiro atoms. The third-order valence-electron chi connectivity index (χ3n) is 6.95. The van der Waals surface area contributed by atoms with E-state index in [0.29, 0.717) is 28.5 Å². The number of rotatable bonds is 5. The van der Waals surface area contributed by atoms with Crippen molar-refractivity contribution >= 4 is 15.9 Å². The molecular formula is C22H31BrO2. The molecule has 0 saturated heterocycles. The largest absolute Gasteiger partial charge is 0.359 e. The summed E-state index contributed by atoms with van der Waals surface area (Å²) in [4.78, 5) is 0. The van der Waals surface area contributed by atoms with Gasteiger partial charge in [0, 0.05) is 7.11 Å². The van der Waals surface area contributed by atoms with Crippen LogP contribution < -0.4 is 0 Å². The van der Waals surface area contributed by atoms with Crippen molar-refractivity contribution in [1.82, 2.24) is 0 Å². The average Bonchev–Trinajstić information content (AvgIpc) is 2.48. The zero-order valence-corrected chi connectivity index (χ0v) is 17.6. The first kappa shape index (κ1) is 18.0. The van der Waals surface area contributed by atoms with Gasteiger partial charge >= 0.3 is 0 Å². The fraction of sp³-hybridized carbons (Fsp3) is 0.727. The third kappa shape index (κ3) is 3.11. The Balaban J connectivity index is 1.70. The number of hydrogen-bond donors (Lipinski definition) is 0. The minimum absolute atomic E-state index is 0.108. The van der Waals surface area contributed by atoms with Crippen LogP contribution in [0.2, 0.25) is 0 Å². The van der Waals surface area contributed by atoms with Gasteiger partial charge in [-0.3, -0.25) is 0 Å². The summed E-state index contributed by atoms with van der Waals surface area (Å²) in [5.41, 5.74) is 4.60. The van der Waals surface area contributed by atoms with E-state index < -0.39 is 0 Å². The summed E-state index contributed by atoms with van der Waals surface area (Å²) < 4.78 is 10.8. The van der Waals surface area contributed by atoms with Crippen molar-refractivity contribution in [3.63, 3.8) is 0 Å². The summed E-state index contributed by atoms with van der Waals surface area (Å²) in [6.07, 6.45) is 8.28. The van der Waals surface area contributed by atoms with Crippen LogP contribution in [-0.2, 0) is 14.9 Å². The van der Waals surface area contributed by atoms with E-state index in [4.69, 9.17) is 9.47 Å². The predicted molar refractivity (Wildman–Crippen MR) is 105 cm³/mol.